The summed E-state index contributed by atoms with van der Waals surface area (Å²) in [4.78, 5) is 10.6. The van der Waals surface area contributed by atoms with E-state index in [1.807, 2.05) is 25.1 Å². The molecule has 2 rings (SSSR count). The van der Waals surface area contributed by atoms with E-state index in [0.717, 1.165) is 22.9 Å². The lowest BCUT2D eigenvalue weighted by Gasteiger charge is -2.01. The first-order chi connectivity index (χ1) is 6.85. The molecule has 0 fully saturated rings. The van der Waals surface area contributed by atoms with Gasteiger partial charge in [0.05, 0.1) is 12.1 Å². The van der Waals surface area contributed by atoms with Crippen molar-refractivity contribution in [2.75, 3.05) is 6.61 Å². The van der Waals surface area contributed by atoms with Gasteiger partial charge in [0.25, 0.3) is 0 Å². The molecule has 4 nitrogen and oxygen atoms in total. The van der Waals surface area contributed by atoms with Crippen molar-refractivity contribution in [3.05, 3.63) is 23.9 Å². The summed E-state index contributed by atoms with van der Waals surface area (Å²) in [6.07, 6.45) is 0.731. The quantitative estimate of drug-likeness (QED) is 0.750. The van der Waals surface area contributed by atoms with Gasteiger partial charge in [-0.2, -0.15) is 5.10 Å². The number of nitrogens with zero attached hydrogens (tertiary/aromatic N) is 1. The fourth-order valence-corrected chi connectivity index (χ4v) is 1.36. The maximum Gasteiger partial charge on any atom is 0.170 e. The summed E-state index contributed by atoms with van der Waals surface area (Å²) < 4.78 is 5.33. The van der Waals surface area contributed by atoms with Crippen LogP contribution in [0.15, 0.2) is 18.2 Å². The van der Waals surface area contributed by atoms with E-state index in [-0.39, 0.29) is 0 Å². The van der Waals surface area contributed by atoms with Crippen LogP contribution in [0, 0.1) is 0 Å². The van der Waals surface area contributed by atoms with Crippen molar-refractivity contribution in [3.63, 3.8) is 0 Å². The van der Waals surface area contributed by atoms with Crippen molar-refractivity contribution >= 4 is 17.2 Å². The zero-order valence-corrected chi connectivity index (χ0v) is 7.78. The summed E-state index contributed by atoms with van der Waals surface area (Å²) in [5, 5.41) is 7.44. The second kappa shape index (κ2) is 3.49. The number of aromatic amines is 1. The van der Waals surface area contributed by atoms with E-state index in [9.17, 15) is 4.79 Å². The number of H-pyrrole nitrogens is 1. The molecule has 0 saturated carbocycles. The average Bonchev–Trinajstić information content (AvgIpc) is 2.60. The van der Waals surface area contributed by atoms with Crippen LogP contribution in [0.2, 0.25) is 0 Å². The lowest BCUT2D eigenvalue weighted by molar-refractivity contribution is 0.112. The summed E-state index contributed by atoms with van der Waals surface area (Å²) in [5.74, 6) is 0.754. The fraction of sp³-hybridized carbons (Fsp3) is 0.200. The first kappa shape index (κ1) is 8.74. The van der Waals surface area contributed by atoms with Crippen LogP contribution < -0.4 is 4.74 Å². The molecule has 14 heavy (non-hydrogen) atoms. The van der Waals surface area contributed by atoms with E-state index < -0.39 is 0 Å². The minimum absolute atomic E-state index is 0.418. The smallest absolute Gasteiger partial charge is 0.170 e. The van der Waals surface area contributed by atoms with Crippen molar-refractivity contribution < 1.29 is 9.53 Å². The molecule has 0 atom stereocenters. The topological polar surface area (TPSA) is 55.0 Å². The van der Waals surface area contributed by atoms with Crippen LogP contribution in [0.4, 0.5) is 0 Å². The monoisotopic (exact) mass is 190 g/mol. The van der Waals surface area contributed by atoms with Gasteiger partial charge in [0.2, 0.25) is 0 Å². The van der Waals surface area contributed by atoms with E-state index in [1.165, 1.54) is 0 Å². The zero-order valence-electron chi connectivity index (χ0n) is 7.78. The van der Waals surface area contributed by atoms with Gasteiger partial charge in [-0.25, -0.2) is 0 Å². The van der Waals surface area contributed by atoms with Gasteiger partial charge >= 0.3 is 0 Å². The van der Waals surface area contributed by atoms with Crippen molar-refractivity contribution in [2.45, 2.75) is 6.92 Å². The summed E-state index contributed by atoms with van der Waals surface area (Å²) in [6, 6.07) is 5.50. The second-order valence-corrected chi connectivity index (χ2v) is 2.87. The Morgan fingerprint density at radius 3 is 3.14 bits per heavy atom. The number of fused-ring (bicyclic) bond motifs is 1. The summed E-state index contributed by atoms with van der Waals surface area (Å²) in [5.41, 5.74) is 1.26. The Morgan fingerprint density at radius 1 is 1.57 bits per heavy atom. The van der Waals surface area contributed by atoms with E-state index in [0.29, 0.717) is 12.3 Å². The Labute approximate surface area is 80.9 Å². The zero-order chi connectivity index (χ0) is 9.97. The predicted molar refractivity (Wildman–Crippen MR) is 52.7 cm³/mol. The number of benzene rings is 1. The van der Waals surface area contributed by atoms with Crippen LogP contribution in [-0.2, 0) is 0 Å². The normalized spacial score (nSPS) is 10.4. The fourth-order valence-electron chi connectivity index (χ4n) is 1.36. The number of ether oxygens (including phenoxy) is 1. The first-order valence-electron chi connectivity index (χ1n) is 4.41. The summed E-state index contributed by atoms with van der Waals surface area (Å²) >= 11 is 0. The number of carbonyl (C=O) groups excluding carboxylic acids is 1. The van der Waals surface area contributed by atoms with E-state index in [2.05, 4.69) is 10.2 Å². The Morgan fingerprint density at radius 2 is 2.43 bits per heavy atom. The number of nitrogens with one attached hydrogen (secondary N) is 1. The molecule has 72 valence electrons. The molecule has 1 N–H and O–H groups in total. The summed E-state index contributed by atoms with van der Waals surface area (Å²) in [7, 11) is 0. The third-order valence-electron chi connectivity index (χ3n) is 1.99. The number of rotatable bonds is 3. The van der Waals surface area contributed by atoms with Crippen LogP contribution in [0.1, 0.15) is 17.4 Å². The number of aldehydes is 1. The molecule has 1 aromatic carbocycles. The molecule has 0 saturated heterocycles. The highest BCUT2D eigenvalue weighted by atomic mass is 16.5. The van der Waals surface area contributed by atoms with Gasteiger partial charge in [-0.15, -0.1) is 0 Å². The average molecular weight is 190 g/mol. The molecular formula is C10H10N2O2. The van der Waals surface area contributed by atoms with Gasteiger partial charge in [0.15, 0.2) is 6.29 Å². The lowest BCUT2D eigenvalue weighted by atomic mass is 10.2. The van der Waals surface area contributed by atoms with Gasteiger partial charge in [-0.1, -0.05) is 0 Å². The van der Waals surface area contributed by atoms with Gasteiger partial charge in [-0.05, 0) is 25.1 Å². The van der Waals surface area contributed by atoms with Crippen LogP contribution in [0.5, 0.6) is 5.75 Å². The Kier molecular flexibility index (Phi) is 2.18. The first-order valence-corrected chi connectivity index (χ1v) is 4.41. The third kappa shape index (κ3) is 1.35. The van der Waals surface area contributed by atoms with Gasteiger partial charge in [0, 0.05) is 5.39 Å². The highest BCUT2D eigenvalue weighted by Gasteiger charge is 2.05. The molecule has 0 unspecified atom stereocenters. The minimum atomic E-state index is 0.418. The Balaban J connectivity index is 2.55. The second-order valence-electron chi connectivity index (χ2n) is 2.87. The molecule has 0 aliphatic rings. The SMILES string of the molecule is CCOc1ccc2[nH]nc(C=O)c2c1. The number of carbonyl (C=O) groups is 1. The highest BCUT2D eigenvalue weighted by molar-refractivity contribution is 5.95. The summed E-state index contributed by atoms with van der Waals surface area (Å²) in [6.45, 7) is 2.53. The minimum Gasteiger partial charge on any atom is -0.494 e. The molecule has 0 bridgehead atoms. The molecule has 1 aromatic heterocycles. The van der Waals surface area contributed by atoms with Crippen LogP contribution >= 0.6 is 0 Å². The molecule has 4 heteroatoms. The van der Waals surface area contributed by atoms with Crippen molar-refractivity contribution in [2.24, 2.45) is 0 Å². The molecule has 0 radical (unpaired) electrons. The maximum absolute atomic E-state index is 10.6. The third-order valence-corrected chi connectivity index (χ3v) is 1.99. The molecule has 0 aliphatic heterocycles. The van der Waals surface area contributed by atoms with E-state index >= 15 is 0 Å². The number of aromatic nitrogens is 2. The lowest BCUT2D eigenvalue weighted by Crippen LogP contribution is -1.90. The standard InChI is InChI=1S/C10H10N2O2/c1-2-14-7-3-4-9-8(5-7)10(6-13)12-11-9/h3-6H,2H2,1H3,(H,11,12). The van der Waals surface area contributed by atoms with Crippen LogP contribution in [0.3, 0.4) is 0 Å². The Bertz CT molecular complexity index is 462. The predicted octanol–water partition coefficient (Wildman–Crippen LogP) is 1.77. The maximum atomic E-state index is 10.6. The molecule has 0 aliphatic carbocycles. The molecular weight excluding hydrogens is 180 g/mol. The van der Waals surface area contributed by atoms with E-state index in [4.69, 9.17) is 4.74 Å². The largest absolute Gasteiger partial charge is 0.494 e. The van der Waals surface area contributed by atoms with Crippen molar-refractivity contribution in [1.82, 2.24) is 10.2 Å². The van der Waals surface area contributed by atoms with Gasteiger partial charge in [-0.3, -0.25) is 9.89 Å². The Hall–Kier alpha value is -1.84. The van der Waals surface area contributed by atoms with Crippen LogP contribution in [0.25, 0.3) is 10.9 Å². The van der Waals surface area contributed by atoms with E-state index in [1.54, 1.807) is 0 Å². The molecule has 0 amide bonds. The van der Waals surface area contributed by atoms with Crippen molar-refractivity contribution in [1.29, 1.82) is 0 Å². The highest BCUT2D eigenvalue weighted by Crippen LogP contribution is 2.21. The number of hydrogen-bond donors (Lipinski definition) is 1. The van der Waals surface area contributed by atoms with Gasteiger partial charge < -0.3 is 4.74 Å². The number of hydrogen-bond acceptors (Lipinski definition) is 3. The molecule has 1 heterocycles. The van der Waals surface area contributed by atoms with Crippen LogP contribution in [-0.4, -0.2) is 23.1 Å². The molecule has 2 aromatic rings. The van der Waals surface area contributed by atoms with Gasteiger partial charge in [0.1, 0.15) is 11.4 Å². The molecule has 0 spiro atoms. The van der Waals surface area contributed by atoms with Crippen molar-refractivity contribution in [3.8, 4) is 5.75 Å².